The van der Waals surface area contributed by atoms with Crippen LogP contribution in [0.3, 0.4) is 0 Å². The number of carbonyl (C=O) groups is 1. The summed E-state index contributed by atoms with van der Waals surface area (Å²) in [7, 11) is 0. The van der Waals surface area contributed by atoms with Gasteiger partial charge in [0.25, 0.3) is 5.91 Å². The SMILES string of the molecule is CC(C)Oc1ccc(C(=O)Nc2cc(-c3ccccc3)no2)cc1. The molecule has 0 radical (unpaired) electrons. The summed E-state index contributed by atoms with van der Waals surface area (Å²) in [5.41, 5.74) is 2.12. The molecule has 0 saturated carbocycles. The summed E-state index contributed by atoms with van der Waals surface area (Å²) in [5, 5.41) is 6.67. The van der Waals surface area contributed by atoms with Crippen LogP contribution in [-0.2, 0) is 0 Å². The van der Waals surface area contributed by atoms with E-state index in [0.29, 0.717) is 17.1 Å². The zero-order chi connectivity index (χ0) is 16.9. The molecule has 1 amide bonds. The van der Waals surface area contributed by atoms with Crippen molar-refractivity contribution in [2.75, 3.05) is 5.32 Å². The molecule has 5 heteroatoms. The van der Waals surface area contributed by atoms with Gasteiger partial charge in [0.15, 0.2) is 0 Å². The molecule has 5 nitrogen and oxygen atoms in total. The molecule has 0 atom stereocenters. The molecule has 1 heterocycles. The zero-order valence-electron chi connectivity index (χ0n) is 13.5. The lowest BCUT2D eigenvalue weighted by Crippen LogP contribution is -2.11. The van der Waals surface area contributed by atoms with Crippen molar-refractivity contribution in [1.29, 1.82) is 0 Å². The van der Waals surface area contributed by atoms with Gasteiger partial charge in [0, 0.05) is 17.2 Å². The molecule has 3 aromatic rings. The van der Waals surface area contributed by atoms with Crippen molar-refractivity contribution in [3.05, 3.63) is 66.2 Å². The molecule has 2 aromatic carbocycles. The highest BCUT2D eigenvalue weighted by molar-refractivity contribution is 6.03. The topological polar surface area (TPSA) is 64.4 Å². The van der Waals surface area contributed by atoms with E-state index in [9.17, 15) is 4.79 Å². The van der Waals surface area contributed by atoms with E-state index in [1.165, 1.54) is 0 Å². The van der Waals surface area contributed by atoms with Gasteiger partial charge in [-0.15, -0.1) is 0 Å². The predicted octanol–water partition coefficient (Wildman–Crippen LogP) is 4.38. The van der Waals surface area contributed by atoms with Gasteiger partial charge in [-0.05, 0) is 38.1 Å². The van der Waals surface area contributed by atoms with Crippen LogP contribution in [0.4, 0.5) is 5.88 Å². The maximum absolute atomic E-state index is 12.3. The number of rotatable bonds is 5. The Morgan fingerprint density at radius 3 is 2.46 bits per heavy atom. The van der Waals surface area contributed by atoms with Gasteiger partial charge in [-0.3, -0.25) is 10.1 Å². The first-order valence-electron chi connectivity index (χ1n) is 7.72. The number of hydrogen-bond acceptors (Lipinski definition) is 4. The number of carbonyl (C=O) groups excluding carboxylic acids is 1. The molecule has 0 saturated heterocycles. The highest BCUT2D eigenvalue weighted by Gasteiger charge is 2.11. The monoisotopic (exact) mass is 322 g/mol. The minimum atomic E-state index is -0.262. The van der Waals surface area contributed by atoms with Gasteiger partial charge in [-0.25, -0.2) is 0 Å². The van der Waals surface area contributed by atoms with Crippen LogP contribution in [-0.4, -0.2) is 17.2 Å². The third-order valence-electron chi connectivity index (χ3n) is 3.30. The Kier molecular flexibility index (Phi) is 4.61. The fourth-order valence-corrected chi connectivity index (χ4v) is 2.22. The molecule has 0 bridgehead atoms. The highest BCUT2D eigenvalue weighted by Crippen LogP contribution is 2.22. The molecule has 0 aliphatic carbocycles. The van der Waals surface area contributed by atoms with E-state index in [4.69, 9.17) is 9.26 Å². The van der Waals surface area contributed by atoms with Gasteiger partial charge in [0.2, 0.25) is 5.88 Å². The van der Waals surface area contributed by atoms with Crippen molar-refractivity contribution < 1.29 is 14.1 Å². The lowest BCUT2D eigenvalue weighted by atomic mass is 10.1. The van der Waals surface area contributed by atoms with E-state index in [1.54, 1.807) is 30.3 Å². The average molecular weight is 322 g/mol. The molecule has 1 aromatic heterocycles. The zero-order valence-corrected chi connectivity index (χ0v) is 13.5. The molecule has 0 unspecified atom stereocenters. The maximum atomic E-state index is 12.3. The Hall–Kier alpha value is -3.08. The lowest BCUT2D eigenvalue weighted by molar-refractivity contribution is 0.102. The van der Waals surface area contributed by atoms with Crippen LogP contribution in [0.15, 0.2) is 65.2 Å². The van der Waals surface area contributed by atoms with E-state index >= 15 is 0 Å². The lowest BCUT2D eigenvalue weighted by Gasteiger charge is -2.09. The Morgan fingerprint density at radius 2 is 1.79 bits per heavy atom. The van der Waals surface area contributed by atoms with Crippen molar-refractivity contribution in [2.45, 2.75) is 20.0 Å². The standard InChI is InChI=1S/C19H18N2O3/c1-13(2)23-16-10-8-15(9-11-16)19(22)20-18-12-17(21-24-18)14-6-4-3-5-7-14/h3-13H,1-2H3,(H,20,22). The smallest absolute Gasteiger partial charge is 0.258 e. The van der Waals surface area contributed by atoms with Crippen molar-refractivity contribution in [3.63, 3.8) is 0 Å². The Labute approximate surface area is 140 Å². The highest BCUT2D eigenvalue weighted by atomic mass is 16.5. The van der Waals surface area contributed by atoms with E-state index in [-0.39, 0.29) is 12.0 Å². The van der Waals surface area contributed by atoms with Crippen LogP contribution < -0.4 is 10.1 Å². The minimum absolute atomic E-state index is 0.0928. The van der Waals surface area contributed by atoms with Gasteiger partial charge < -0.3 is 9.26 Å². The van der Waals surface area contributed by atoms with Crippen LogP contribution in [0.2, 0.25) is 0 Å². The molecule has 0 spiro atoms. The van der Waals surface area contributed by atoms with Crippen molar-refractivity contribution in [3.8, 4) is 17.0 Å². The second-order valence-electron chi connectivity index (χ2n) is 5.59. The summed E-state index contributed by atoms with van der Waals surface area (Å²) in [6.07, 6.45) is 0.0928. The number of hydrogen-bond donors (Lipinski definition) is 1. The number of anilines is 1. The first kappa shape index (κ1) is 15.8. The van der Waals surface area contributed by atoms with E-state index in [1.807, 2.05) is 44.2 Å². The van der Waals surface area contributed by atoms with Crippen LogP contribution >= 0.6 is 0 Å². The van der Waals surface area contributed by atoms with Crippen molar-refractivity contribution in [1.82, 2.24) is 5.16 Å². The molecule has 0 aliphatic rings. The number of ether oxygens (including phenoxy) is 1. The van der Waals surface area contributed by atoms with Gasteiger partial charge in [0.1, 0.15) is 11.4 Å². The van der Waals surface area contributed by atoms with Gasteiger partial charge in [-0.2, -0.15) is 0 Å². The van der Waals surface area contributed by atoms with Crippen LogP contribution in [0.5, 0.6) is 5.75 Å². The Morgan fingerprint density at radius 1 is 1.08 bits per heavy atom. The van der Waals surface area contributed by atoms with E-state index < -0.39 is 0 Å². The van der Waals surface area contributed by atoms with Gasteiger partial charge >= 0.3 is 0 Å². The van der Waals surface area contributed by atoms with E-state index in [2.05, 4.69) is 10.5 Å². The van der Waals surface area contributed by atoms with Crippen LogP contribution in [0.25, 0.3) is 11.3 Å². The summed E-state index contributed by atoms with van der Waals surface area (Å²) >= 11 is 0. The van der Waals surface area contributed by atoms with Crippen LogP contribution in [0, 0.1) is 0 Å². The summed E-state index contributed by atoms with van der Waals surface area (Å²) in [6, 6.07) is 18.3. The minimum Gasteiger partial charge on any atom is -0.491 e. The van der Waals surface area contributed by atoms with Gasteiger partial charge in [-0.1, -0.05) is 35.5 Å². The number of aromatic nitrogens is 1. The number of nitrogens with one attached hydrogen (secondary N) is 1. The first-order valence-corrected chi connectivity index (χ1v) is 7.72. The second kappa shape index (κ2) is 7.00. The normalized spacial score (nSPS) is 10.6. The quantitative estimate of drug-likeness (QED) is 0.757. The fourth-order valence-electron chi connectivity index (χ4n) is 2.22. The molecule has 122 valence electrons. The molecule has 0 fully saturated rings. The Bertz CT molecular complexity index is 808. The summed E-state index contributed by atoms with van der Waals surface area (Å²) in [6.45, 7) is 3.91. The molecule has 3 rings (SSSR count). The molecule has 1 N–H and O–H groups in total. The van der Waals surface area contributed by atoms with Crippen molar-refractivity contribution in [2.24, 2.45) is 0 Å². The van der Waals surface area contributed by atoms with Gasteiger partial charge in [0.05, 0.1) is 6.10 Å². The predicted molar refractivity (Wildman–Crippen MR) is 92.1 cm³/mol. The first-order chi connectivity index (χ1) is 11.6. The van der Waals surface area contributed by atoms with E-state index in [0.717, 1.165) is 11.3 Å². The third-order valence-corrected chi connectivity index (χ3v) is 3.30. The average Bonchev–Trinajstić information content (AvgIpc) is 3.04. The number of amides is 1. The summed E-state index contributed by atoms with van der Waals surface area (Å²) in [5.74, 6) is 0.774. The summed E-state index contributed by atoms with van der Waals surface area (Å²) < 4.78 is 10.7. The molecule has 24 heavy (non-hydrogen) atoms. The Balaban J connectivity index is 1.68. The second-order valence-corrected chi connectivity index (χ2v) is 5.59. The fraction of sp³-hybridized carbons (Fsp3) is 0.158. The number of benzene rings is 2. The maximum Gasteiger partial charge on any atom is 0.258 e. The molecular formula is C19H18N2O3. The molecular weight excluding hydrogens is 304 g/mol. The number of nitrogens with zero attached hydrogens (tertiary/aromatic N) is 1. The van der Waals surface area contributed by atoms with Crippen molar-refractivity contribution >= 4 is 11.8 Å². The third kappa shape index (κ3) is 3.81. The molecule has 0 aliphatic heterocycles. The summed E-state index contributed by atoms with van der Waals surface area (Å²) in [4.78, 5) is 12.3. The largest absolute Gasteiger partial charge is 0.491 e. The van der Waals surface area contributed by atoms with Crippen LogP contribution in [0.1, 0.15) is 24.2 Å².